The number of nitrogens with zero attached hydrogens (tertiary/aromatic N) is 1. The predicted molar refractivity (Wildman–Crippen MR) is 165 cm³/mol. The Morgan fingerprint density at radius 3 is 1.66 bits per heavy atom. The first-order valence-corrected chi connectivity index (χ1v) is 15.6. The first-order chi connectivity index (χ1) is 20.2. The molecule has 0 radical (unpaired) electrons. The third kappa shape index (κ3) is 2.85. The molecule has 0 saturated heterocycles. The molecule has 3 heteroatoms. The molecule has 2 saturated carbocycles. The van der Waals surface area contributed by atoms with Crippen molar-refractivity contribution in [2.24, 2.45) is 11.8 Å². The minimum atomic E-state index is 0.166. The van der Waals surface area contributed by atoms with Gasteiger partial charge in [-0.15, -0.1) is 0 Å². The Hall–Kier alpha value is -3.98. The summed E-state index contributed by atoms with van der Waals surface area (Å²) >= 11 is 0. The van der Waals surface area contributed by atoms with Gasteiger partial charge in [-0.2, -0.15) is 0 Å². The fraction of sp³-hybridized carbons (Fsp3) is 0.316. The molecule has 200 valence electrons. The van der Waals surface area contributed by atoms with Gasteiger partial charge in [0.15, 0.2) is 11.6 Å². The fourth-order valence-electron chi connectivity index (χ4n) is 9.41. The SMILES string of the molecule is O=C1c2cc3c(cc2C2CCC1CC2)c1ccc(-c2ccccc2)c2c4cc5c(cc4n3c12)C(=O)C1CCC5CC1. The molecule has 0 N–H and O–H groups in total. The van der Waals surface area contributed by atoms with Crippen molar-refractivity contribution in [1.82, 2.24) is 4.40 Å². The largest absolute Gasteiger partial charge is 0.308 e. The Labute approximate surface area is 238 Å². The lowest BCUT2D eigenvalue weighted by molar-refractivity contribution is 0.0891. The zero-order chi connectivity index (χ0) is 27.0. The Balaban J connectivity index is 1.39. The van der Waals surface area contributed by atoms with Crippen LogP contribution in [0.1, 0.15) is 95.0 Å². The number of hydrogen-bond acceptors (Lipinski definition) is 2. The Bertz CT molecular complexity index is 2100. The van der Waals surface area contributed by atoms with Crippen molar-refractivity contribution in [3.05, 3.63) is 89.0 Å². The van der Waals surface area contributed by atoms with Crippen LogP contribution in [0.3, 0.4) is 0 Å². The monoisotopic (exact) mass is 533 g/mol. The molecule has 0 amide bonds. The maximum Gasteiger partial charge on any atom is 0.166 e. The molecule has 2 heterocycles. The highest BCUT2D eigenvalue weighted by Crippen LogP contribution is 2.50. The van der Waals surface area contributed by atoms with Gasteiger partial charge in [-0.25, -0.2) is 0 Å². The van der Waals surface area contributed by atoms with Gasteiger partial charge < -0.3 is 4.40 Å². The predicted octanol–water partition coefficient (Wildman–Crippen LogP) is 9.44. The lowest BCUT2D eigenvalue weighted by atomic mass is 9.82. The lowest BCUT2D eigenvalue weighted by Crippen LogP contribution is -2.15. The molecule has 2 aromatic heterocycles. The molecule has 4 aromatic carbocycles. The number of carbonyl (C=O) groups excluding carboxylic acids is 2. The van der Waals surface area contributed by atoms with E-state index in [1.54, 1.807) is 0 Å². The highest BCUT2D eigenvalue weighted by molar-refractivity contribution is 6.28. The Morgan fingerprint density at radius 1 is 0.512 bits per heavy atom. The van der Waals surface area contributed by atoms with Crippen molar-refractivity contribution in [2.75, 3.05) is 0 Å². The van der Waals surface area contributed by atoms with E-state index in [1.807, 2.05) is 0 Å². The molecule has 0 spiro atoms. The zero-order valence-electron chi connectivity index (χ0n) is 23.1. The minimum absolute atomic E-state index is 0.166. The molecular weight excluding hydrogens is 502 g/mol. The number of aromatic nitrogens is 1. The standard InChI is InChI=1S/C38H31NO2/c40-37-23-10-6-21(7-11-23)27-16-29-26-15-14-25(20-4-2-1-3-5-20)35-32-17-28-22-8-12-24(13-9-22)38(41)31(28)19-34(32)39(36(26)35)33(29)18-30(27)37/h1-5,14-19,21-24H,6-13H2. The van der Waals surface area contributed by atoms with Crippen LogP contribution in [0.25, 0.3) is 49.2 Å². The van der Waals surface area contributed by atoms with Gasteiger partial charge in [0.2, 0.25) is 0 Å². The summed E-state index contributed by atoms with van der Waals surface area (Å²) in [5.74, 6) is 1.98. The molecule has 6 aliphatic carbocycles. The normalized spacial score (nSPS) is 25.4. The zero-order valence-corrected chi connectivity index (χ0v) is 23.1. The number of fused-ring (bicyclic) bond motifs is 10. The molecular formula is C38H31NO2. The van der Waals surface area contributed by atoms with Crippen molar-refractivity contribution >= 4 is 49.7 Å². The number of benzene rings is 4. The molecule has 0 unspecified atom stereocenters. The minimum Gasteiger partial charge on any atom is -0.308 e. The molecule has 12 rings (SSSR count). The Kier molecular flexibility index (Phi) is 4.34. The average molecular weight is 534 g/mol. The van der Waals surface area contributed by atoms with E-state index in [1.165, 1.54) is 49.3 Å². The third-order valence-corrected chi connectivity index (χ3v) is 11.5. The molecule has 6 aromatic rings. The van der Waals surface area contributed by atoms with Gasteiger partial charge in [0, 0.05) is 44.5 Å². The first-order valence-electron chi connectivity index (χ1n) is 15.6. The van der Waals surface area contributed by atoms with Crippen molar-refractivity contribution in [2.45, 2.75) is 63.2 Å². The van der Waals surface area contributed by atoms with Crippen LogP contribution in [0, 0.1) is 11.8 Å². The lowest BCUT2D eigenvalue weighted by Gasteiger charge is -2.22. The summed E-state index contributed by atoms with van der Waals surface area (Å²) in [4.78, 5) is 27.5. The van der Waals surface area contributed by atoms with Crippen LogP contribution in [0.2, 0.25) is 0 Å². The second-order valence-electron chi connectivity index (χ2n) is 13.3. The molecule has 3 nitrogen and oxygen atoms in total. The summed E-state index contributed by atoms with van der Waals surface area (Å²) in [7, 11) is 0. The number of ketones is 2. The van der Waals surface area contributed by atoms with E-state index in [0.717, 1.165) is 73.5 Å². The van der Waals surface area contributed by atoms with Crippen molar-refractivity contribution in [3.63, 3.8) is 0 Å². The van der Waals surface area contributed by atoms with E-state index in [9.17, 15) is 9.59 Å². The summed E-state index contributed by atoms with van der Waals surface area (Å²) in [6.45, 7) is 0. The van der Waals surface area contributed by atoms with E-state index < -0.39 is 0 Å². The fourth-order valence-corrected chi connectivity index (χ4v) is 9.41. The van der Waals surface area contributed by atoms with Crippen LogP contribution < -0.4 is 0 Å². The van der Waals surface area contributed by atoms with Gasteiger partial charge in [-0.1, -0.05) is 42.5 Å². The number of hydrogen-bond donors (Lipinski definition) is 0. The van der Waals surface area contributed by atoms with Gasteiger partial charge in [0.05, 0.1) is 16.6 Å². The van der Waals surface area contributed by atoms with E-state index in [-0.39, 0.29) is 11.8 Å². The van der Waals surface area contributed by atoms with E-state index in [4.69, 9.17) is 0 Å². The number of carbonyl (C=O) groups is 2. The molecule has 41 heavy (non-hydrogen) atoms. The van der Waals surface area contributed by atoms with Gasteiger partial charge in [-0.05, 0) is 110 Å². The van der Waals surface area contributed by atoms with Crippen LogP contribution in [0.4, 0.5) is 0 Å². The third-order valence-electron chi connectivity index (χ3n) is 11.5. The van der Waals surface area contributed by atoms with Crippen molar-refractivity contribution in [1.29, 1.82) is 0 Å². The maximum atomic E-state index is 13.8. The van der Waals surface area contributed by atoms with Crippen molar-refractivity contribution in [3.8, 4) is 11.1 Å². The summed E-state index contributed by atoms with van der Waals surface area (Å²) in [5.41, 5.74) is 10.3. The van der Waals surface area contributed by atoms with Gasteiger partial charge >= 0.3 is 0 Å². The van der Waals surface area contributed by atoms with Crippen molar-refractivity contribution < 1.29 is 9.59 Å². The highest BCUT2D eigenvalue weighted by atomic mass is 16.1. The summed E-state index contributed by atoms with van der Waals surface area (Å²) < 4.78 is 2.41. The second kappa shape index (κ2) is 7.85. The topological polar surface area (TPSA) is 38.5 Å². The maximum absolute atomic E-state index is 13.8. The Morgan fingerprint density at radius 2 is 1.05 bits per heavy atom. The molecule has 0 aliphatic heterocycles. The number of Topliss-reactive ketones (excluding diaryl/α,β-unsaturated/α-hetero) is 2. The van der Waals surface area contributed by atoms with E-state index >= 15 is 0 Å². The summed E-state index contributed by atoms with van der Waals surface area (Å²) in [6.07, 6.45) is 8.55. The van der Waals surface area contributed by atoms with Gasteiger partial charge in [0.25, 0.3) is 0 Å². The van der Waals surface area contributed by atoms with Gasteiger partial charge in [0.1, 0.15) is 0 Å². The van der Waals surface area contributed by atoms with Gasteiger partial charge in [-0.3, -0.25) is 9.59 Å². The van der Waals surface area contributed by atoms with Crippen LogP contribution in [-0.4, -0.2) is 16.0 Å². The van der Waals surface area contributed by atoms with Crippen LogP contribution in [0.15, 0.2) is 66.7 Å². The summed E-state index contributed by atoms with van der Waals surface area (Å²) in [6, 6.07) is 24.5. The number of rotatable bonds is 1. The molecule has 0 atom stereocenters. The average Bonchev–Trinajstić information content (AvgIpc) is 3.35. The second-order valence-corrected chi connectivity index (χ2v) is 13.3. The summed E-state index contributed by atoms with van der Waals surface area (Å²) in [5, 5.41) is 5.01. The molecule has 2 fully saturated rings. The van der Waals surface area contributed by atoms with E-state index in [0.29, 0.717) is 23.4 Å². The van der Waals surface area contributed by atoms with Crippen LogP contribution in [-0.2, 0) is 0 Å². The van der Waals surface area contributed by atoms with Crippen LogP contribution in [0.5, 0.6) is 0 Å². The first kappa shape index (κ1) is 22.7. The molecule has 4 bridgehead atoms. The highest BCUT2D eigenvalue weighted by Gasteiger charge is 2.38. The smallest absolute Gasteiger partial charge is 0.166 e. The van der Waals surface area contributed by atoms with E-state index in [2.05, 4.69) is 71.1 Å². The quantitative estimate of drug-likeness (QED) is 0.211. The molecule has 6 aliphatic rings. The van der Waals surface area contributed by atoms with Crippen LogP contribution >= 0.6 is 0 Å².